The van der Waals surface area contributed by atoms with Crippen LogP contribution in [-0.4, -0.2) is 12.8 Å². The molecule has 0 bridgehead atoms. The van der Waals surface area contributed by atoms with E-state index in [0.29, 0.717) is 12.4 Å². The van der Waals surface area contributed by atoms with Crippen LogP contribution in [0.3, 0.4) is 0 Å². The van der Waals surface area contributed by atoms with Crippen LogP contribution in [0.25, 0.3) is 0 Å². The Morgan fingerprint density at radius 3 is 2.65 bits per heavy atom. The van der Waals surface area contributed by atoms with Crippen LogP contribution in [0.2, 0.25) is 0 Å². The fourth-order valence-electron chi connectivity index (χ4n) is 1.61. The van der Waals surface area contributed by atoms with Gasteiger partial charge in [0.2, 0.25) is 0 Å². The molecule has 17 heavy (non-hydrogen) atoms. The van der Waals surface area contributed by atoms with Crippen LogP contribution >= 0.6 is 0 Å². The first kappa shape index (κ1) is 13.6. The van der Waals surface area contributed by atoms with Crippen LogP contribution in [0, 0.1) is 0 Å². The first-order valence-electron chi connectivity index (χ1n) is 6.20. The monoisotopic (exact) mass is 236 g/mol. The van der Waals surface area contributed by atoms with E-state index in [9.17, 15) is 4.79 Å². The van der Waals surface area contributed by atoms with Gasteiger partial charge in [0.15, 0.2) is 0 Å². The van der Waals surface area contributed by atoms with Crippen LogP contribution in [0.15, 0.2) is 24.3 Å². The van der Waals surface area contributed by atoms with Gasteiger partial charge in [0.25, 0.3) is 0 Å². The van der Waals surface area contributed by atoms with Gasteiger partial charge >= 0.3 is 6.16 Å². The summed E-state index contributed by atoms with van der Waals surface area (Å²) in [5.74, 6) is 0.613. The fraction of sp³-hybridized carbons (Fsp3) is 0.500. The standard InChI is InChI=1S/C14H20O3/c1-3-5-6-9-12-10-7-8-11-13(12)17-14(15)16-4-2/h7-8,10-11H,3-6,9H2,1-2H3. The van der Waals surface area contributed by atoms with Crippen molar-refractivity contribution in [2.75, 3.05) is 6.61 Å². The molecule has 0 fully saturated rings. The van der Waals surface area contributed by atoms with E-state index in [1.807, 2.05) is 18.2 Å². The summed E-state index contributed by atoms with van der Waals surface area (Å²) in [5, 5.41) is 0. The number of para-hydroxylation sites is 1. The summed E-state index contributed by atoms with van der Waals surface area (Å²) in [6.45, 7) is 4.26. The summed E-state index contributed by atoms with van der Waals surface area (Å²) in [5.41, 5.74) is 1.06. The normalized spacial score (nSPS) is 10.0. The van der Waals surface area contributed by atoms with E-state index in [0.717, 1.165) is 18.4 Å². The molecule has 1 aromatic carbocycles. The molecule has 0 spiro atoms. The highest BCUT2D eigenvalue weighted by Gasteiger charge is 2.08. The number of benzene rings is 1. The molecule has 0 radical (unpaired) electrons. The van der Waals surface area contributed by atoms with E-state index in [1.54, 1.807) is 13.0 Å². The topological polar surface area (TPSA) is 35.5 Å². The van der Waals surface area contributed by atoms with Gasteiger partial charge in [0.1, 0.15) is 5.75 Å². The summed E-state index contributed by atoms with van der Waals surface area (Å²) in [4.78, 5) is 11.3. The summed E-state index contributed by atoms with van der Waals surface area (Å²) in [6.07, 6.45) is 3.79. The fourth-order valence-corrected chi connectivity index (χ4v) is 1.61. The summed E-state index contributed by atoms with van der Waals surface area (Å²) in [7, 11) is 0. The number of carbonyl (C=O) groups excluding carboxylic acids is 1. The average molecular weight is 236 g/mol. The van der Waals surface area contributed by atoms with Crippen LogP contribution in [0.1, 0.15) is 38.7 Å². The van der Waals surface area contributed by atoms with Crippen molar-refractivity contribution in [3.05, 3.63) is 29.8 Å². The number of rotatable bonds is 6. The van der Waals surface area contributed by atoms with Gasteiger partial charge in [-0.1, -0.05) is 38.0 Å². The van der Waals surface area contributed by atoms with E-state index < -0.39 is 6.16 Å². The van der Waals surface area contributed by atoms with Crippen molar-refractivity contribution in [2.45, 2.75) is 39.5 Å². The molecule has 0 aliphatic carbocycles. The average Bonchev–Trinajstić information content (AvgIpc) is 2.32. The molecule has 0 saturated carbocycles. The van der Waals surface area contributed by atoms with Crippen LogP contribution in [-0.2, 0) is 11.2 Å². The zero-order chi connectivity index (χ0) is 12.5. The summed E-state index contributed by atoms with van der Waals surface area (Å²) < 4.78 is 9.92. The molecule has 0 N–H and O–H groups in total. The number of ether oxygens (including phenoxy) is 2. The second-order valence-corrected chi connectivity index (χ2v) is 3.85. The van der Waals surface area contributed by atoms with E-state index in [-0.39, 0.29) is 0 Å². The molecule has 0 atom stereocenters. The van der Waals surface area contributed by atoms with Crippen molar-refractivity contribution in [2.24, 2.45) is 0 Å². The molecule has 1 aromatic rings. The van der Waals surface area contributed by atoms with Crippen LogP contribution in [0.5, 0.6) is 5.75 Å². The predicted octanol–water partition coefficient (Wildman–Crippen LogP) is 3.95. The van der Waals surface area contributed by atoms with Crippen molar-refractivity contribution in [1.82, 2.24) is 0 Å². The molecule has 0 aliphatic heterocycles. The zero-order valence-electron chi connectivity index (χ0n) is 10.6. The highest BCUT2D eigenvalue weighted by molar-refractivity contribution is 5.64. The Labute approximate surface area is 103 Å². The lowest BCUT2D eigenvalue weighted by molar-refractivity contribution is 0.104. The molecule has 0 aromatic heterocycles. The molecular formula is C14H20O3. The van der Waals surface area contributed by atoms with Gasteiger partial charge in [-0.25, -0.2) is 4.79 Å². The second-order valence-electron chi connectivity index (χ2n) is 3.85. The Bertz CT molecular complexity index is 347. The third kappa shape index (κ3) is 4.89. The molecule has 0 aliphatic rings. The van der Waals surface area contributed by atoms with Gasteiger partial charge in [-0.3, -0.25) is 0 Å². The minimum Gasteiger partial charge on any atom is -0.434 e. The lowest BCUT2D eigenvalue weighted by Crippen LogP contribution is -2.11. The van der Waals surface area contributed by atoms with E-state index in [2.05, 4.69) is 6.92 Å². The van der Waals surface area contributed by atoms with Gasteiger partial charge in [0, 0.05) is 0 Å². The summed E-state index contributed by atoms with van der Waals surface area (Å²) >= 11 is 0. The van der Waals surface area contributed by atoms with Crippen molar-refractivity contribution >= 4 is 6.16 Å². The first-order valence-corrected chi connectivity index (χ1v) is 6.20. The largest absolute Gasteiger partial charge is 0.513 e. The number of aryl methyl sites for hydroxylation is 1. The van der Waals surface area contributed by atoms with E-state index in [4.69, 9.17) is 9.47 Å². The summed E-state index contributed by atoms with van der Waals surface area (Å²) in [6, 6.07) is 7.61. The second kappa shape index (κ2) is 7.71. The first-order chi connectivity index (χ1) is 8.27. The number of hydrogen-bond donors (Lipinski definition) is 0. The quantitative estimate of drug-likeness (QED) is 0.426. The molecule has 0 heterocycles. The Kier molecular flexibility index (Phi) is 6.15. The lowest BCUT2D eigenvalue weighted by Gasteiger charge is -2.09. The van der Waals surface area contributed by atoms with Crippen molar-refractivity contribution in [3.63, 3.8) is 0 Å². The maximum absolute atomic E-state index is 11.3. The highest BCUT2D eigenvalue weighted by atomic mass is 16.7. The van der Waals surface area contributed by atoms with Crippen LogP contribution < -0.4 is 4.74 Å². The minimum atomic E-state index is -0.629. The van der Waals surface area contributed by atoms with Crippen molar-refractivity contribution in [1.29, 1.82) is 0 Å². The Balaban J connectivity index is 2.60. The highest BCUT2D eigenvalue weighted by Crippen LogP contribution is 2.20. The predicted molar refractivity (Wildman–Crippen MR) is 67.3 cm³/mol. The molecule has 1 rings (SSSR count). The maximum atomic E-state index is 11.3. The Hall–Kier alpha value is -1.51. The van der Waals surface area contributed by atoms with Crippen molar-refractivity contribution in [3.8, 4) is 5.75 Å². The zero-order valence-corrected chi connectivity index (χ0v) is 10.6. The van der Waals surface area contributed by atoms with Gasteiger partial charge < -0.3 is 9.47 Å². The van der Waals surface area contributed by atoms with Gasteiger partial charge in [0.05, 0.1) is 6.61 Å². The smallest absolute Gasteiger partial charge is 0.434 e. The number of carbonyl (C=O) groups is 1. The third-order valence-corrected chi connectivity index (χ3v) is 2.48. The minimum absolute atomic E-state index is 0.330. The molecular weight excluding hydrogens is 216 g/mol. The maximum Gasteiger partial charge on any atom is 0.513 e. The Morgan fingerprint density at radius 1 is 1.18 bits per heavy atom. The molecule has 0 unspecified atom stereocenters. The van der Waals surface area contributed by atoms with E-state index >= 15 is 0 Å². The molecule has 94 valence electrons. The molecule has 0 saturated heterocycles. The third-order valence-electron chi connectivity index (χ3n) is 2.48. The van der Waals surface area contributed by atoms with Crippen LogP contribution in [0.4, 0.5) is 4.79 Å². The number of hydrogen-bond acceptors (Lipinski definition) is 3. The molecule has 3 nitrogen and oxygen atoms in total. The number of unbranched alkanes of at least 4 members (excludes halogenated alkanes) is 2. The van der Waals surface area contributed by atoms with Gasteiger partial charge in [-0.15, -0.1) is 0 Å². The lowest BCUT2D eigenvalue weighted by atomic mass is 10.1. The van der Waals surface area contributed by atoms with Gasteiger partial charge in [-0.2, -0.15) is 0 Å². The van der Waals surface area contributed by atoms with Gasteiger partial charge in [-0.05, 0) is 31.4 Å². The molecule has 3 heteroatoms. The Morgan fingerprint density at radius 2 is 1.94 bits per heavy atom. The van der Waals surface area contributed by atoms with E-state index in [1.165, 1.54) is 12.8 Å². The SMILES string of the molecule is CCCCCc1ccccc1OC(=O)OCC. The molecule has 0 amide bonds. The van der Waals surface area contributed by atoms with Crippen molar-refractivity contribution < 1.29 is 14.3 Å².